The molecule has 134 valence electrons. The second-order valence-electron chi connectivity index (χ2n) is 5.80. The van der Waals surface area contributed by atoms with Crippen LogP contribution in [0.4, 0.5) is 0 Å². The fourth-order valence-electron chi connectivity index (χ4n) is 2.95. The number of hydrogen-bond acceptors (Lipinski definition) is 3. The number of hydrogen-bond donors (Lipinski definition) is 0. The summed E-state index contributed by atoms with van der Waals surface area (Å²) in [6, 6.07) is 22.4. The average molecular weight is 348 g/mol. The van der Waals surface area contributed by atoms with Gasteiger partial charge in [-0.2, -0.15) is 0 Å². The fraction of sp³-hybridized carbons (Fsp3) is 0.217. The second-order valence-corrected chi connectivity index (χ2v) is 5.80. The van der Waals surface area contributed by atoms with Gasteiger partial charge in [0.25, 0.3) is 0 Å². The van der Waals surface area contributed by atoms with Crippen molar-refractivity contribution >= 4 is 0 Å². The number of methoxy groups -OCH3 is 1. The van der Waals surface area contributed by atoms with Crippen LogP contribution in [0, 0.1) is 0 Å². The maximum Gasteiger partial charge on any atom is 0.127 e. The quantitative estimate of drug-likeness (QED) is 0.538. The number of para-hydroxylation sites is 1. The lowest BCUT2D eigenvalue weighted by Crippen LogP contribution is -1.98. The minimum absolute atomic E-state index is 0.607. The van der Waals surface area contributed by atoms with E-state index in [9.17, 15) is 0 Å². The molecule has 3 heteroatoms. The predicted molar refractivity (Wildman–Crippen MR) is 106 cm³/mol. The highest BCUT2D eigenvalue weighted by molar-refractivity contribution is 5.79. The Kier molecular flexibility index (Phi) is 5.80. The van der Waals surface area contributed by atoms with E-state index in [4.69, 9.17) is 14.2 Å². The molecular formula is C23H24O3. The second kappa shape index (κ2) is 8.43. The van der Waals surface area contributed by atoms with Gasteiger partial charge in [0.05, 0.1) is 20.3 Å². The normalized spacial score (nSPS) is 10.4. The van der Waals surface area contributed by atoms with Gasteiger partial charge in [0.1, 0.15) is 17.2 Å². The summed E-state index contributed by atoms with van der Waals surface area (Å²) in [5.74, 6) is 2.57. The fourth-order valence-corrected chi connectivity index (χ4v) is 2.95. The minimum atomic E-state index is 0.607. The Labute approximate surface area is 155 Å². The van der Waals surface area contributed by atoms with Crippen molar-refractivity contribution in [3.63, 3.8) is 0 Å². The van der Waals surface area contributed by atoms with Crippen LogP contribution in [0.25, 0.3) is 22.3 Å². The molecule has 0 aromatic heterocycles. The molecule has 3 aromatic carbocycles. The lowest BCUT2D eigenvalue weighted by Gasteiger charge is -2.16. The van der Waals surface area contributed by atoms with E-state index >= 15 is 0 Å². The van der Waals surface area contributed by atoms with E-state index in [1.807, 2.05) is 44.2 Å². The van der Waals surface area contributed by atoms with Crippen molar-refractivity contribution < 1.29 is 14.2 Å². The van der Waals surface area contributed by atoms with Gasteiger partial charge >= 0.3 is 0 Å². The van der Waals surface area contributed by atoms with Crippen molar-refractivity contribution in [1.82, 2.24) is 0 Å². The maximum atomic E-state index is 5.95. The van der Waals surface area contributed by atoms with Crippen LogP contribution in [-0.4, -0.2) is 20.3 Å². The van der Waals surface area contributed by atoms with Gasteiger partial charge in [0, 0.05) is 11.1 Å². The topological polar surface area (TPSA) is 27.7 Å². The molecule has 0 spiro atoms. The van der Waals surface area contributed by atoms with E-state index in [-0.39, 0.29) is 0 Å². The molecular weight excluding hydrogens is 324 g/mol. The van der Waals surface area contributed by atoms with Crippen LogP contribution in [0.5, 0.6) is 17.2 Å². The Hall–Kier alpha value is -2.94. The lowest BCUT2D eigenvalue weighted by atomic mass is 9.98. The summed E-state index contributed by atoms with van der Waals surface area (Å²) in [5, 5.41) is 0. The molecule has 0 aliphatic heterocycles. The zero-order valence-corrected chi connectivity index (χ0v) is 15.5. The number of ether oxygens (including phenoxy) is 3. The van der Waals surface area contributed by atoms with Crippen molar-refractivity contribution in [2.45, 2.75) is 13.8 Å². The molecule has 0 radical (unpaired) electrons. The highest BCUT2D eigenvalue weighted by Crippen LogP contribution is 2.39. The van der Waals surface area contributed by atoms with Gasteiger partial charge in [-0.05, 0) is 55.3 Å². The highest BCUT2D eigenvalue weighted by Gasteiger charge is 2.13. The first-order valence-electron chi connectivity index (χ1n) is 8.90. The van der Waals surface area contributed by atoms with E-state index < -0.39 is 0 Å². The summed E-state index contributed by atoms with van der Waals surface area (Å²) in [7, 11) is 1.67. The first kappa shape index (κ1) is 17.9. The molecule has 3 aromatic rings. The van der Waals surface area contributed by atoms with Gasteiger partial charge in [0.15, 0.2) is 0 Å². The Morgan fingerprint density at radius 2 is 1.27 bits per heavy atom. The first-order valence-corrected chi connectivity index (χ1v) is 8.90. The predicted octanol–water partition coefficient (Wildman–Crippen LogP) is 5.83. The van der Waals surface area contributed by atoms with Gasteiger partial charge in [-0.1, -0.05) is 36.4 Å². The molecule has 0 aliphatic carbocycles. The highest BCUT2D eigenvalue weighted by atomic mass is 16.5. The molecule has 0 bridgehead atoms. The zero-order valence-electron chi connectivity index (χ0n) is 15.5. The Balaban J connectivity index is 2.04. The molecule has 0 unspecified atom stereocenters. The summed E-state index contributed by atoms with van der Waals surface area (Å²) < 4.78 is 17.0. The molecule has 0 saturated carbocycles. The third kappa shape index (κ3) is 3.83. The third-order valence-electron chi connectivity index (χ3n) is 4.18. The Bertz CT molecular complexity index is 854. The zero-order chi connectivity index (χ0) is 18.4. The summed E-state index contributed by atoms with van der Waals surface area (Å²) in [4.78, 5) is 0. The Morgan fingerprint density at radius 3 is 1.96 bits per heavy atom. The van der Waals surface area contributed by atoms with Crippen molar-refractivity contribution in [2.24, 2.45) is 0 Å². The molecule has 0 aliphatic rings. The molecule has 0 N–H and O–H groups in total. The lowest BCUT2D eigenvalue weighted by molar-refractivity contribution is 0.336. The van der Waals surface area contributed by atoms with Crippen LogP contribution in [0.2, 0.25) is 0 Å². The molecule has 0 amide bonds. The van der Waals surface area contributed by atoms with E-state index in [1.165, 1.54) is 0 Å². The molecule has 0 heterocycles. The van der Waals surface area contributed by atoms with E-state index in [2.05, 4.69) is 36.4 Å². The smallest absolute Gasteiger partial charge is 0.127 e. The van der Waals surface area contributed by atoms with Gasteiger partial charge in [-0.25, -0.2) is 0 Å². The Morgan fingerprint density at radius 1 is 0.654 bits per heavy atom. The molecule has 26 heavy (non-hydrogen) atoms. The number of benzene rings is 3. The van der Waals surface area contributed by atoms with Crippen molar-refractivity contribution in [2.75, 3.05) is 20.3 Å². The maximum absolute atomic E-state index is 5.95. The van der Waals surface area contributed by atoms with Gasteiger partial charge in [-0.3, -0.25) is 0 Å². The summed E-state index contributed by atoms with van der Waals surface area (Å²) >= 11 is 0. The monoisotopic (exact) mass is 348 g/mol. The van der Waals surface area contributed by atoms with E-state index in [0.717, 1.165) is 39.5 Å². The van der Waals surface area contributed by atoms with Crippen LogP contribution < -0.4 is 14.2 Å². The van der Waals surface area contributed by atoms with Crippen LogP contribution in [0.15, 0.2) is 66.7 Å². The van der Waals surface area contributed by atoms with Crippen LogP contribution >= 0.6 is 0 Å². The standard InChI is InChI=1S/C23H24O3/c1-4-25-22-9-7-6-8-20(22)21-15-12-18(16-23(21)26-5-2)17-10-13-19(24-3)14-11-17/h6-16H,4-5H2,1-3H3. The first-order chi connectivity index (χ1) is 12.8. The van der Waals surface area contributed by atoms with Crippen molar-refractivity contribution in [3.05, 3.63) is 66.7 Å². The van der Waals surface area contributed by atoms with Gasteiger partial charge in [0.2, 0.25) is 0 Å². The summed E-state index contributed by atoms with van der Waals surface area (Å²) in [6.45, 7) is 5.23. The van der Waals surface area contributed by atoms with Crippen LogP contribution in [0.3, 0.4) is 0 Å². The molecule has 3 nitrogen and oxygen atoms in total. The van der Waals surface area contributed by atoms with Gasteiger partial charge < -0.3 is 14.2 Å². The van der Waals surface area contributed by atoms with Crippen LogP contribution in [-0.2, 0) is 0 Å². The summed E-state index contributed by atoms with van der Waals surface area (Å²) in [6.07, 6.45) is 0. The molecule has 3 rings (SSSR count). The van der Waals surface area contributed by atoms with Gasteiger partial charge in [-0.15, -0.1) is 0 Å². The minimum Gasteiger partial charge on any atom is -0.497 e. The molecule has 0 saturated heterocycles. The summed E-state index contributed by atoms with van der Waals surface area (Å²) in [5.41, 5.74) is 4.30. The molecule has 0 atom stereocenters. The third-order valence-corrected chi connectivity index (χ3v) is 4.18. The number of rotatable bonds is 7. The SMILES string of the molecule is CCOc1ccccc1-c1ccc(-c2ccc(OC)cc2)cc1OCC. The largest absolute Gasteiger partial charge is 0.497 e. The molecule has 0 fully saturated rings. The van der Waals surface area contributed by atoms with E-state index in [1.54, 1.807) is 7.11 Å². The van der Waals surface area contributed by atoms with Crippen molar-refractivity contribution in [3.8, 4) is 39.5 Å². The van der Waals surface area contributed by atoms with Crippen molar-refractivity contribution in [1.29, 1.82) is 0 Å². The average Bonchev–Trinajstić information content (AvgIpc) is 2.69. The van der Waals surface area contributed by atoms with E-state index in [0.29, 0.717) is 13.2 Å². The van der Waals surface area contributed by atoms with Crippen LogP contribution in [0.1, 0.15) is 13.8 Å².